The van der Waals surface area contributed by atoms with Crippen LogP contribution in [0.1, 0.15) is 55.4 Å². The van der Waals surface area contributed by atoms with E-state index in [4.69, 9.17) is 4.74 Å². The number of carbonyl (C=O) groups is 1. The van der Waals surface area contributed by atoms with Gasteiger partial charge in [-0.05, 0) is 37.8 Å². The fourth-order valence-electron chi connectivity index (χ4n) is 3.09. The summed E-state index contributed by atoms with van der Waals surface area (Å²) in [6, 6.07) is 4.05. The largest absolute Gasteiger partial charge is 0.376 e. The van der Waals surface area contributed by atoms with E-state index in [-0.39, 0.29) is 12.0 Å². The fourth-order valence-corrected chi connectivity index (χ4v) is 3.09. The van der Waals surface area contributed by atoms with Gasteiger partial charge in [0, 0.05) is 19.2 Å². The first kappa shape index (κ1) is 15.2. The van der Waals surface area contributed by atoms with Crippen molar-refractivity contribution in [3.63, 3.8) is 0 Å². The molecule has 0 radical (unpaired) electrons. The average molecular weight is 304 g/mol. The van der Waals surface area contributed by atoms with Crippen molar-refractivity contribution in [3.8, 4) is 0 Å². The summed E-state index contributed by atoms with van der Waals surface area (Å²) in [7, 11) is 0. The van der Waals surface area contributed by atoms with Crippen LogP contribution in [0.2, 0.25) is 0 Å². The second-order valence-corrected chi connectivity index (χ2v) is 6.13. The molecule has 0 bridgehead atoms. The summed E-state index contributed by atoms with van der Waals surface area (Å²) in [6.45, 7) is 1.34. The fraction of sp³-hybridized carbons (Fsp3) is 0.688. The minimum Gasteiger partial charge on any atom is -0.376 e. The Kier molecular flexibility index (Phi) is 5.21. The number of carbonyl (C=O) groups excluding carboxylic acids is 1. The summed E-state index contributed by atoms with van der Waals surface area (Å²) in [5, 5.41) is 14.4. The van der Waals surface area contributed by atoms with E-state index in [1.165, 1.54) is 32.1 Å². The zero-order valence-electron chi connectivity index (χ0n) is 12.9. The summed E-state index contributed by atoms with van der Waals surface area (Å²) >= 11 is 0. The molecule has 22 heavy (non-hydrogen) atoms. The molecule has 1 atom stereocenters. The highest BCUT2D eigenvalue weighted by molar-refractivity contribution is 5.92. The van der Waals surface area contributed by atoms with Gasteiger partial charge in [-0.1, -0.05) is 19.3 Å². The van der Waals surface area contributed by atoms with Crippen molar-refractivity contribution >= 4 is 11.7 Å². The van der Waals surface area contributed by atoms with Crippen LogP contribution < -0.4 is 10.6 Å². The van der Waals surface area contributed by atoms with Crippen LogP contribution in [0.4, 0.5) is 5.82 Å². The lowest BCUT2D eigenvalue weighted by Crippen LogP contribution is -2.32. The van der Waals surface area contributed by atoms with Crippen LogP contribution in [-0.2, 0) is 4.74 Å². The Bertz CT molecular complexity index is 479. The van der Waals surface area contributed by atoms with Gasteiger partial charge in [-0.3, -0.25) is 4.79 Å². The van der Waals surface area contributed by atoms with Gasteiger partial charge >= 0.3 is 0 Å². The van der Waals surface area contributed by atoms with Gasteiger partial charge in [0.2, 0.25) is 0 Å². The summed E-state index contributed by atoms with van der Waals surface area (Å²) in [5.74, 6) is 0.565. The van der Waals surface area contributed by atoms with E-state index in [9.17, 15) is 4.79 Å². The number of anilines is 1. The van der Waals surface area contributed by atoms with Crippen molar-refractivity contribution in [2.75, 3.05) is 18.5 Å². The Morgan fingerprint density at radius 2 is 2.00 bits per heavy atom. The number of nitrogens with zero attached hydrogens (tertiary/aromatic N) is 2. The molecule has 1 aromatic heterocycles. The maximum absolute atomic E-state index is 12.0. The molecular weight excluding hydrogens is 280 g/mol. The van der Waals surface area contributed by atoms with Crippen LogP contribution in [0.3, 0.4) is 0 Å². The lowest BCUT2D eigenvalue weighted by Gasteiger charge is -2.22. The third kappa shape index (κ3) is 4.16. The summed E-state index contributed by atoms with van der Waals surface area (Å²) in [6.07, 6.45) is 8.47. The second-order valence-electron chi connectivity index (χ2n) is 6.13. The molecule has 0 spiro atoms. The smallest absolute Gasteiger partial charge is 0.271 e. The van der Waals surface area contributed by atoms with Gasteiger partial charge in [0.15, 0.2) is 5.69 Å². The Morgan fingerprint density at radius 1 is 1.14 bits per heavy atom. The van der Waals surface area contributed by atoms with Crippen LogP contribution in [0.5, 0.6) is 0 Å². The number of aromatic nitrogens is 2. The maximum atomic E-state index is 12.0. The Hall–Kier alpha value is -1.69. The van der Waals surface area contributed by atoms with Crippen molar-refractivity contribution < 1.29 is 9.53 Å². The number of hydrogen-bond donors (Lipinski definition) is 2. The van der Waals surface area contributed by atoms with Gasteiger partial charge in [-0.15, -0.1) is 10.2 Å². The van der Waals surface area contributed by atoms with Crippen LogP contribution in [0.15, 0.2) is 12.1 Å². The molecule has 1 aromatic rings. The molecule has 1 amide bonds. The molecule has 2 N–H and O–H groups in total. The number of amides is 1. The summed E-state index contributed by atoms with van der Waals surface area (Å²) < 4.78 is 5.48. The highest BCUT2D eigenvalue weighted by Crippen LogP contribution is 2.20. The van der Waals surface area contributed by atoms with Crippen molar-refractivity contribution in [3.05, 3.63) is 17.8 Å². The van der Waals surface area contributed by atoms with Crippen molar-refractivity contribution in [1.82, 2.24) is 15.5 Å². The first-order valence-corrected chi connectivity index (χ1v) is 8.31. The molecule has 1 unspecified atom stereocenters. The van der Waals surface area contributed by atoms with Crippen molar-refractivity contribution in [1.29, 1.82) is 0 Å². The van der Waals surface area contributed by atoms with Crippen molar-refractivity contribution in [2.45, 2.75) is 57.1 Å². The molecule has 6 nitrogen and oxygen atoms in total. The van der Waals surface area contributed by atoms with Gasteiger partial charge in [0.05, 0.1) is 6.10 Å². The average Bonchev–Trinajstić information content (AvgIpc) is 3.08. The lowest BCUT2D eigenvalue weighted by molar-refractivity contribution is 0.0853. The van der Waals surface area contributed by atoms with Gasteiger partial charge < -0.3 is 15.4 Å². The van der Waals surface area contributed by atoms with E-state index in [0.717, 1.165) is 25.3 Å². The molecule has 2 heterocycles. The second kappa shape index (κ2) is 7.54. The number of rotatable bonds is 5. The molecule has 2 fully saturated rings. The van der Waals surface area contributed by atoms with E-state index in [1.54, 1.807) is 6.07 Å². The Balaban J connectivity index is 1.48. The summed E-state index contributed by atoms with van der Waals surface area (Å²) in [4.78, 5) is 12.0. The molecule has 0 aromatic carbocycles. The maximum Gasteiger partial charge on any atom is 0.271 e. The highest BCUT2D eigenvalue weighted by Gasteiger charge is 2.18. The third-order valence-corrected chi connectivity index (χ3v) is 4.37. The summed E-state index contributed by atoms with van der Waals surface area (Å²) in [5.41, 5.74) is 0.354. The van der Waals surface area contributed by atoms with E-state index in [2.05, 4.69) is 20.8 Å². The standard InChI is InChI=1S/C16H24N4O2/c21-16(17-11-13-7-4-10-22-13)14-8-9-15(20-19-14)18-12-5-2-1-3-6-12/h8-9,12-13H,1-7,10-11H2,(H,17,21)(H,18,20). The number of hydrogen-bond acceptors (Lipinski definition) is 5. The zero-order valence-corrected chi connectivity index (χ0v) is 12.9. The van der Waals surface area contributed by atoms with Crippen LogP contribution in [-0.4, -0.2) is 41.4 Å². The minimum absolute atomic E-state index is 0.143. The first-order chi connectivity index (χ1) is 10.8. The molecule has 6 heteroatoms. The zero-order chi connectivity index (χ0) is 15.2. The normalized spacial score (nSPS) is 22.5. The monoisotopic (exact) mass is 304 g/mol. The van der Waals surface area contributed by atoms with E-state index < -0.39 is 0 Å². The molecule has 1 saturated carbocycles. The minimum atomic E-state index is -0.188. The molecule has 120 valence electrons. The molecule has 1 saturated heterocycles. The predicted octanol–water partition coefficient (Wildman–Crippen LogP) is 2.13. The van der Waals surface area contributed by atoms with Crippen LogP contribution in [0, 0.1) is 0 Å². The Morgan fingerprint density at radius 3 is 2.68 bits per heavy atom. The predicted molar refractivity (Wildman–Crippen MR) is 83.8 cm³/mol. The number of nitrogens with one attached hydrogen (secondary N) is 2. The SMILES string of the molecule is O=C(NCC1CCCO1)c1ccc(NC2CCCCC2)nn1. The molecule has 1 aliphatic heterocycles. The lowest BCUT2D eigenvalue weighted by atomic mass is 9.95. The first-order valence-electron chi connectivity index (χ1n) is 8.31. The van der Waals surface area contributed by atoms with E-state index >= 15 is 0 Å². The van der Waals surface area contributed by atoms with Crippen molar-refractivity contribution in [2.24, 2.45) is 0 Å². The highest BCUT2D eigenvalue weighted by atomic mass is 16.5. The Labute approximate surface area is 131 Å². The topological polar surface area (TPSA) is 76.1 Å². The molecule has 3 rings (SSSR count). The van der Waals surface area contributed by atoms with E-state index in [0.29, 0.717) is 18.3 Å². The quantitative estimate of drug-likeness (QED) is 0.871. The van der Waals surface area contributed by atoms with Gasteiger partial charge in [-0.25, -0.2) is 0 Å². The van der Waals surface area contributed by atoms with Crippen LogP contribution in [0.25, 0.3) is 0 Å². The molecule has 1 aliphatic carbocycles. The van der Waals surface area contributed by atoms with Gasteiger partial charge in [-0.2, -0.15) is 0 Å². The van der Waals surface area contributed by atoms with Gasteiger partial charge in [0.25, 0.3) is 5.91 Å². The molecule has 2 aliphatic rings. The number of ether oxygens (including phenoxy) is 1. The van der Waals surface area contributed by atoms with Gasteiger partial charge in [0.1, 0.15) is 5.82 Å². The van der Waals surface area contributed by atoms with E-state index in [1.807, 2.05) is 6.07 Å². The van der Waals surface area contributed by atoms with Crippen LogP contribution >= 0.6 is 0 Å². The third-order valence-electron chi connectivity index (χ3n) is 4.37. The molecular formula is C16H24N4O2.